The molecular formula is C23H17BrN4O2. The SMILES string of the molecule is Cc1cccc(C2OC3(c4ccc(Br)cc4)OC(=N)C(C#N)(C3C)C2(C#N)C#N)c1. The van der Waals surface area contributed by atoms with E-state index in [0.29, 0.717) is 11.1 Å². The zero-order valence-corrected chi connectivity index (χ0v) is 17.9. The average molecular weight is 461 g/mol. The first-order chi connectivity index (χ1) is 14.3. The van der Waals surface area contributed by atoms with Gasteiger partial charge in [-0.2, -0.15) is 15.8 Å². The predicted octanol–water partition coefficient (Wildman–Crippen LogP) is 4.87. The lowest BCUT2D eigenvalue weighted by Crippen LogP contribution is -2.57. The number of nitriles is 3. The van der Waals surface area contributed by atoms with Crippen LogP contribution < -0.4 is 0 Å². The lowest BCUT2D eigenvalue weighted by molar-refractivity contribution is -0.288. The minimum absolute atomic E-state index is 0.418. The van der Waals surface area contributed by atoms with E-state index in [-0.39, 0.29) is 0 Å². The van der Waals surface area contributed by atoms with Crippen LogP contribution >= 0.6 is 15.9 Å². The molecule has 0 aromatic heterocycles. The minimum Gasteiger partial charge on any atom is -0.443 e. The molecule has 2 fully saturated rings. The number of nitrogens with one attached hydrogen (secondary N) is 1. The lowest BCUT2D eigenvalue weighted by atomic mass is 9.53. The molecule has 2 saturated heterocycles. The Bertz CT molecular complexity index is 1160. The maximum Gasteiger partial charge on any atom is 0.244 e. The van der Waals surface area contributed by atoms with Gasteiger partial charge in [0.15, 0.2) is 5.41 Å². The third kappa shape index (κ3) is 2.27. The second-order valence-corrected chi connectivity index (χ2v) is 8.61. The highest BCUT2D eigenvalue weighted by atomic mass is 79.9. The van der Waals surface area contributed by atoms with Gasteiger partial charge in [0, 0.05) is 10.0 Å². The third-order valence-corrected chi connectivity index (χ3v) is 6.79. The number of aryl methyl sites for hydroxylation is 1. The van der Waals surface area contributed by atoms with Gasteiger partial charge in [-0.05, 0) is 24.6 Å². The summed E-state index contributed by atoms with van der Waals surface area (Å²) >= 11 is 3.41. The Kier molecular flexibility index (Phi) is 4.47. The van der Waals surface area contributed by atoms with Gasteiger partial charge in [-0.15, -0.1) is 0 Å². The largest absolute Gasteiger partial charge is 0.443 e. The summed E-state index contributed by atoms with van der Waals surface area (Å²) in [4.78, 5) is 0. The Labute approximate surface area is 182 Å². The third-order valence-electron chi connectivity index (χ3n) is 6.26. The fourth-order valence-corrected chi connectivity index (χ4v) is 4.95. The number of hydrogen-bond donors (Lipinski definition) is 1. The van der Waals surface area contributed by atoms with Gasteiger partial charge < -0.3 is 9.47 Å². The number of halogens is 1. The first kappa shape index (κ1) is 20.1. The highest BCUT2D eigenvalue weighted by Gasteiger charge is 2.79. The molecule has 30 heavy (non-hydrogen) atoms. The summed E-state index contributed by atoms with van der Waals surface area (Å²) in [5.74, 6) is -2.67. The van der Waals surface area contributed by atoms with E-state index < -0.39 is 34.5 Å². The van der Waals surface area contributed by atoms with Crippen molar-refractivity contribution in [2.45, 2.75) is 25.7 Å². The van der Waals surface area contributed by atoms with Crippen LogP contribution in [0.1, 0.15) is 29.7 Å². The number of hydrogen-bond acceptors (Lipinski definition) is 6. The monoisotopic (exact) mass is 460 g/mol. The number of benzene rings is 2. The fraction of sp³-hybridized carbons (Fsp3) is 0.304. The molecule has 4 atom stereocenters. The Morgan fingerprint density at radius 1 is 1.03 bits per heavy atom. The maximum absolute atomic E-state index is 10.3. The summed E-state index contributed by atoms with van der Waals surface area (Å²) in [5, 5.41) is 39.3. The van der Waals surface area contributed by atoms with Crippen LogP contribution in [0, 0.1) is 63.1 Å². The first-order valence-electron chi connectivity index (χ1n) is 9.33. The molecule has 6 nitrogen and oxygen atoms in total. The molecule has 2 bridgehead atoms. The predicted molar refractivity (Wildman–Crippen MR) is 111 cm³/mol. The van der Waals surface area contributed by atoms with Crippen molar-refractivity contribution in [1.82, 2.24) is 0 Å². The number of fused-ring (bicyclic) bond motifs is 2. The first-order valence-corrected chi connectivity index (χ1v) is 10.1. The molecule has 4 unspecified atom stereocenters. The van der Waals surface area contributed by atoms with Crippen molar-refractivity contribution in [1.29, 1.82) is 21.2 Å². The highest BCUT2D eigenvalue weighted by molar-refractivity contribution is 9.10. The summed E-state index contributed by atoms with van der Waals surface area (Å²) in [7, 11) is 0. The molecule has 4 rings (SSSR count). The molecule has 0 spiro atoms. The van der Waals surface area contributed by atoms with Crippen LogP contribution in [0.4, 0.5) is 0 Å². The van der Waals surface area contributed by atoms with Gasteiger partial charge in [0.2, 0.25) is 17.1 Å². The van der Waals surface area contributed by atoms with Crippen molar-refractivity contribution in [2.24, 2.45) is 16.7 Å². The van der Waals surface area contributed by atoms with Crippen LogP contribution in [-0.2, 0) is 15.3 Å². The van der Waals surface area contributed by atoms with Crippen molar-refractivity contribution < 1.29 is 9.47 Å². The highest BCUT2D eigenvalue weighted by Crippen LogP contribution is 2.68. The second kappa shape index (κ2) is 6.67. The number of nitrogens with zero attached hydrogens (tertiary/aromatic N) is 3. The molecule has 2 aromatic rings. The molecule has 2 aliphatic rings. The molecule has 148 valence electrons. The molecular weight excluding hydrogens is 444 g/mol. The van der Waals surface area contributed by atoms with E-state index in [4.69, 9.17) is 14.9 Å². The molecule has 0 radical (unpaired) electrons. The molecule has 2 heterocycles. The standard InChI is InChI=1S/C23H17BrN4O2/c1-14-4-3-5-16(10-14)19-21(11-25,12-26)22(13-27)15(2)23(29-19,30-20(22)28)17-6-8-18(24)9-7-17/h3-10,15,19,28H,1-2H3. The van der Waals surface area contributed by atoms with Gasteiger partial charge in [0.25, 0.3) is 0 Å². The van der Waals surface area contributed by atoms with Gasteiger partial charge in [0.05, 0.1) is 24.1 Å². The average Bonchev–Trinajstić information content (AvgIpc) is 2.90. The molecule has 0 saturated carbocycles. The van der Waals surface area contributed by atoms with Gasteiger partial charge in [-0.1, -0.05) is 64.8 Å². The zero-order valence-electron chi connectivity index (χ0n) is 16.3. The molecule has 2 aliphatic heterocycles. The summed E-state index contributed by atoms with van der Waals surface area (Å²) in [6, 6.07) is 20.8. The van der Waals surface area contributed by atoms with E-state index in [1.165, 1.54) is 0 Å². The second-order valence-electron chi connectivity index (χ2n) is 7.69. The Balaban J connectivity index is 2.04. The van der Waals surface area contributed by atoms with Crippen molar-refractivity contribution in [3.63, 3.8) is 0 Å². The van der Waals surface area contributed by atoms with Crippen molar-refractivity contribution in [3.8, 4) is 18.2 Å². The zero-order chi connectivity index (χ0) is 21.7. The number of rotatable bonds is 2. The van der Waals surface area contributed by atoms with E-state index >= 15 is 0 Å². The molecule has 0 aliphatic carbocycles. The van der Waals surface area contributed by atoms with Crippen LogP contribution in [0.2, 0.25) is 0 Å². The van der Waals surface area contributed by atoms with Crippen LogP contribution in [0.25, 0.3) is 0 Å². The van der Waals surface area contributed by atoms with Crippen molar-refractivity contribution >= 4 is 21.8 Å². The van der Waals surface area contributed by atoms with E-state index in [9.17, 15) is 15.8 Å². The molecule has 0 amide bonds. The van der Waals surface area contributed by atoms with E-state index in [1.54, 1.807) is 25.1 Å². The van der Waals surface area contributed by atoms with Gasteiger partial charge >= 0.3 is 0 Å². The summed E-state index contributed by atoms with van der Waals surface area (Å²) in [6.45, 7) is 3.59. The molecule has 1 N–H and O–H groups in total. The summed E-state index contributed by atoms with van der Waals surface area (Å²) < 4.78 is 13.3. The van der Waals surface area contributed by atoms with Crippen LogP contribution in [-0.4, -0.2) is 5.90 Å². The lowest BCUT2D eigenvalue weighted by Gasteiger charge is -2.48. The van der Waals surface area contributed by atoms with E-state index in [0.717, 1.165) is 10.0 Å². The maximum atomic E-state index is 10.3. The summed E-state index contributed by atoms with van der Waals surface area (Å²) in [6.07, 6.45) is -1.09. The van der Waals surface area contributed by atoms with Gasteiger partial charge in [-0.3, -0.25) is 5.41 Å². The minimum atomic E-state index is -1.96. The van der Waals surface area contributed by atoms with Crippen LogP contribution in [0.5, 0.6) is 0 Å². The molecule has 7 heteroatoms. The van der Waals surface area contributed by atoms with E-state index in [2.05, 4.69) is 34.1 Å². The van der Waals surface area contributed by atoms with Crippen LogP contribution in [0.3, 0.4) is 0 Å². The quantitative estimate of drug-likeness (QED) is 0.686. The summed E-state index contributed by atoms with van der Waals surface area (Å²) in [5.41, 5.74) is -1.63. The van der Waals surface area contributed by atoms with Gasteiger partial charge in [0.1, 0.15) is 6.10 Å². The normalized spacial score (nSPS) is 31.1. The van der Waals surface area contributed by atoms with Crippen molar-refractivity contribution in [2.75, 3.05) is 0 Å². The molecule has 2 aromatic carbocycles. The fourth-order valence-electron chi connectivity index (χ4n) is 4.68. The topological polar surface area (TPSA) is 114 Å². The van der Waals surface area contributed by atoms with E-state index in [1.807, 2.05) is 37.3 Å². The Morgan fingerprint density at radius 3 is 2.27 bits per heavy atom. The van der Waals surface area contributed by atoms with Crippen LogP contribution in [0.15, 0.2) is 53.0 Å². The van der Waals surface area contributed by atoms with Crippen molar-refractivity contribution in [3.05, 3.63) is 69.7 Å². The van der Waals surface area contributed by atoms with Gasteiger partial charge in [-0.25, -0.2) is 0 Å². The number of ether oxygens (including phenoxy) is 2. The Morgan fingerprint density at radius 2 is 1.70 bits per heavy atom. The Hall–Kier alpha value is -3.18. The smallest absolute Gasteiger partial charge is 0.244 e.